The molecular weight excluding hydrogens is 252 g/mol. The second kappa shape index (κ2) is 6.66. The maximum absolute atomic E-state index is 5.34. The zero-order chi connectivity index (χ0) is 14.4. The highest BCUT2D eigenvalue weighted by molar-refractivity contribution is 5.73. The lowest BCUT2D eigenvalue weighted by Crippen LogP contribution is -1.89. The van der Waals surface area contributed by atoms with Crippen LogP contribution in [0.15, 0.2) is 42.5 Å². The Bertz CT molecular complexity index is 586. The largest absolute Gasteiger partial charge is 0.497 e. The van der Waals surface area contributed by atoms with Gasteiger partial charge in [0, 0.05) is 5.56 Å². The molecule has 0 aliphatic carbocycles. The van der Waals surface area contributed by atoms with E-state index in [1.165, 1.54) is 0 Å². The molecule has 3 nitrogen and oxygen atoms in total. The number of hydrogen-bond donors (Lipinski definition) is 0. The van der Waals surface area contributed by atoms with Crippen LogP contribution >= 0.6 is 0 Å². The van der Waals surface area contributed by atoms with Gasteiger partial charge in [-0.15, -0.1) is 0 Å². The molecule has 0 aliphatic rings. The highest BCUT2D eigenvalue weighted by Crippen LogP contribution is 2.26. The molecule has 2 rings (SSSR count). The number of methoxy groups -OCH3 is 3. The van der Waals surface area contributed by atoms with Gasteiger partial charge in [0.1, 0.15) is 17.2 Å². The van der Waals surface area contributed by atoms with Crippen molar-refractivity contribution in [1.29, 1.82) is 0 Å². The molecule has 3 heteroatoms. The first-order chi connectivity index (χ1) is 9.76. The van der Waals surface area contributed by atoms with Crippen molar-refractivity contribution in [2.24, 2.45) is 0 Å². The smallest absolute Gasteiger partial charge is 0.126 e. The normalized spacial score (nSPS) is 10.6. The second-order valence-electron chi connectivity index (χ2n) is 4.21. The van der Waals surface area contributed by atoms with Gasteiger partial charge in [0.05, 0.1) is 21.3 Å². The predicted octanol–water partition coefficient (Wildman–Crippen LogP) is 3.88. The van der Waals surface area contributed by atoms with Crippen LogP contribution in [0.5, 0.6) is 17.2 Å². The Labute approximate surface area is 119 Å². The predicted molar refractivity (Wildman–Crippen MR) is 81.5 cm³/mol. The summed E-state index contributed by atoms with van der Waals surface area (Å²) >= 11 is 0. The lowest BCUT2D eigenvalue weighted by atomic mass is 10.1. The van der Waals surface area contributed by atoms with E-state index in [0.717, 1.165) is 28.4 Å². The van der Waals surface area contributed by atoms with Gasteiger partial charge in [-0.2, -0.15) is 0 Å². The highest BCUT2D eigenvalue weighted by atomic mass is 16.5. The van der Waals surface area contributed by atoms with Crippen molar-refractivity contribution in [3.05, 3.63) is 53.6 Å². The van der Waals surface area contributed by atoms with Crippen molar-refractivity contribution in [2.75, 3.05) is 21.3 Å². The topological polar surface area (TPSA) is 27.7 Å². The van der Waals surface area contributed by atoms with E-state index in [9.17, 15) is 0 Å². The fraction of sp³-hybridized carbons (Fsp3) is 0.176. The first-order valence-corrected chi connectivity index (χ1v) is 6.31. The Balaban J connectivity index is 2.24. The molecule has 0 bridgehead atoms. The van der Waals surface area contributed by atoms with Crippen LogP contribution in [-0.2, 0) is 0 Å². The monoisotopic (exact) mass is 270 g/mol. The molecule has 0 amide bonds. The van der Waals surface area contributed by atoms with E-state index in [-0.39, 0.29) is 0 Å². The van der Waals surface area contributed by atoms with Crippen LogP contribution in [-0.4, -0.2) is 21.3 Å². The van der Waals surface area contributed by atoms with E-state index in [1.54, 1.807) is 21.3 Å². The average Bonchev–Trinajstić information content (AvgIpc) is 2.53. The van der Waals surface area contributed by atoms with Gasteiger partial charge in [-0.3, -0.25) is 0 Å². The lowest BCUT2D eigenvalue weighted by molar-refractivity contribution is 0.402. The summed E-state index contributed by atoms with van der Waals surface area (Å²) in [6.07, 6.45) is 4.03. The molecule has 20 heavy (non-hydrogen) atoms. The van der Waals surface area contributed by atoms with Crippen LogP contribution in [0.3, 0.4) is 0 Å². The third kappa shape index (κ3) is 3.32. The van der Waals surface area contributed by atoms with Crippen molar-refractivity contribution < 1.29 is 14.2 Å². The fourth-order valence-corrected chi connectivity index (χ4v) is 1.87. The van der Waals surface area contributed by atoms with Crippen LogP contribution in [0.4, 0.5) is 0 Å². The molecule has 0 heterocycles. The minimum absolute atomic E-state index is 0.806. The summed E-state index contributed by atoms with van der Waals surface area (Å²) in [6, 6.07) is 13.6. The van der Waals surface area contributed by atoms with Crippen LogP contribution in [0.1, 0.15) is 11.1 Å². The van der Waals surface area contributed by atoms with Crippen LogP contribution in [0, 0.1) is 0 Å². The van der Waals surface area contributed by atoms with Gasteiger partial charge in [-0.05, 0) is 35.9 Å². The van der Waals surface area contributed by atoms with Gasteiger partial charge >= 0.3 is 0 Å². The van der Waals surface area contributed by atoms with Crippen molar-refractivity contribution in [3.63, 3.8) is 0 Å². The van der Waals surface area contributed by atoms with E-state index in [0.29, 0.717) is 0 Å². The standard InChI is InChI=1S/C17H18O3/c1-18-15-8-5-13(6-9-15)4-7-14-12-16(19-2)10-11-17(14)20-3/h4-12H,1-3H3/b7-4+. The molecular formula is C17H18O3. The third-order valence-corrected chi connectivity index (χ3v) is 3.01. The Hall–Kier alpha value is -2.42. The van der Waals surface area contributed by atoms with Crippen molar-refractivity contribution in [1.82, 2.24) is 0 Å². The number of benzene rings is 2. The molecule has 0 N–H and O–H groups in total. The van der Waals surface area contributed by atoms with E-state index in [2.05, 4.69) is 0 Å². The van der Waals surface area contributed by atoms with Gasteiger partial charge in [0.2, 0.25) is 0 Å². The summed E-state index contributed by atoms with van der Waals surface area (Å²) < 4.78 is 15.7. The van der Waals surface area contributed by atoms with Gasteiger partial charge in [0.25, 0.3) is 0 Å². The first kappa shape index (κ1) is 14.0. The van der Waals surface area contributed by atoms with Crippen LogP contribution < -0.4 is 14.2 Å². The van der Waals surface area contributed by atoms with E-state index < -0.39 is 0 Å². The van der Waals surface area contributed by atoms with Gasteiger partial charge in [0.15, 0.2) is 0 Å². The maximum atomic E-state index is 5.34. The number of ether oxygens (including phenoxy) is 3. The molecule has 2 aromatic rings. The highest BCUT2D eigenvalue weighted by Gasteiger charge is 2.01. The summed E-state index contributed by atoms with van der Waals surface area (Å²) in [5.74, 6) is 2.47. The van der Waals surface area contributed by atoms with E-state index in [1.807, 2.05) is 54.6 Å². The Morgan fingerprint density at radius 1 is 0.700 bits per heavy atom. The average molecular weight is 270 g/mol. The second-order valence-corrected chi connectivity index (χ2v) is 4.21. The summed E-state index contributed by atoms with van der Waals surface area (Å²) in [5, 5.41) is 0. The quantitative estimate of drug-likeness (QED) is 0.772. The molecule has 104 valence electrons. The van der Waals surface area contributed by atoms with Crippen LogP contribution in [0.2, 0.25) is 0 Å². The zero-order valence-electron chi connectivity index (χ0n) is 11.9. The van der Waals surface area contributed by atoms with Crippen LogP contribution in [0.25, 0.3) is 12.2 Å². The summed E-state index contributed by atoms with van der Waals surface area (Å²) in [7, 11) is 4.97. The Morgan fingerprint density at radius 2 is 1.35 bits per heavy atom. The van der Waals surface area contributed by atoms with Crippen molar-refractivity contribution >= 4 is 12.2 Å². The molecule has 2 aromatic carbocycles. The molecule has 0 atom stereocenters. The fourth-order valence-electron chi connectivity index (χ4n) is 1.87. The maximum Gasteiger partial charge on any atom is 0.126 e. The van der Waals surface area contributed by atoms with Crippen molar-refractivity contribution in [3.8, 4) is 17.2 Å². The molecule has 0 radical (unpaired) electrons. The molecule has 0 saturated carbocycles. The van der Waals surface area contributed by atoms with Gasteiger partial charge in [-0.25, -0.2) is 0 Å². The summed E-state index contributed by atoms with van der Waals surface area (Å²) in [6.45, 7) is 0. The minimum Gasteiger partial charge on any atom is -0.497 e. The Morgan fingerprint density at radius 3 is 1.95 bits per heavy atom. The Kier molecular flexibility index (Phi) is 4.66. The molecule has 0 fully saturated rings. The van der Waals surface area contributed by atoms with E-state index in [4.69, 9.17) is 14.2 Å². The zero-order valence-corrected chi connectivity index (χ0v) is 11.9. The molecule has 0 saturated heterocycles. The van der Waals surface area contributed by atoms with Gasteiger partial charge in [-0.1, -0.05) is 24.3 Å². The minimum atomic E-state index is 0.806. The number of hydrogen-bond acceptors (Lipinski definition) is 3. The summed E-state index contributed by atoms with van der Waals surface area (Å²) in [4.78, 5) is 0. The molecule has 0 unspecified atom stereocenters. The summed E-state index contributed by atoms with van der Waals surface area (Å²) in [5.41, 5.74) is 2.07. The first-order valence-electron chi connectivity index (χ1n) is 6.31. The SMILES string of the molecule is COc1ccc(/C=C/c2cc(OC)ccc2OC)cc1. The lowest BCUT2D eigenvalue weighted by Gasteiger charge is -2.07. The molecule has 0 aromatic heterocycles. The van der Waals surface area contributed by atoms with E-state index >= 15 is 0 Å². The van der Waals surface area contributed by atoms with Gasteiger partial charge < -0.3 is 14.2 Å². The number of rotatable bonds is 5. The molecule has 0 spiro atoms. The van der Waals surface area contributed by atoms with Crippen molar-refractivity contribution in [2.45, 2.75) is 0 Å². The molecule has 0 aliphatic heterocycles. The third-order valence-electron chi connectivity index (χ3n) is 3.01.